The Morgan fingerprint density at radius 2 is 2.00 bits per heavy atom. The van der Waals surface area contributed by atoms with Crippen molar-refractivity contribution in [3.63, 3.8) is 0 Å². The predicted molar refractivity (Wildman–Crippen MR) is 72.3 cm³/mol. The van der Waals surface area contributed by atoms with Crippen LogP contribution in [0.3, 0.4) is 0 Å². The molecule has 0 saturated carbocycles. The average molecular weight is 269 g/mol. The number of carbonyl (C=O) groups excluding carboxylic acids is 2. The van der Waals surface area contributed by atoms with Gasteiger partial charge in [0.15, 0.2) is 5.78 Å². The highest BCUT2D eigenvalue weighted by Crippen LogP contribution is 2.14. The van der Waals surface area contributed by atoms with Crippen LogP contribution in [0.15, 0.2) is 11.4 Å². The van der Waals surface area contributed by atoms with Gasteiger partial charge in [0.2, 0.25) is 0 Å². The van der Waals surface area contributed by atoms with Crippen LogP contribution in [-0.2, 0) is 4.74 Å². The number of Topliss-reactive ketones (excluding diaryl/α,β-unsaturated/α-hetero) is 1. The summed E-state index contributed by atoms with van der Waals surface area (Å²) >= 11 is 1.52. The molecule has 1 aromatic heterocycles. The maximum absolute atomic E-state index is 11.9. The van der Waals surface area contributed by atoms with Gasteiger partial charge in [-0.05, 0) is 33.8 Å². The highest BCUT2D eigenvalue weighted by molar-refractivity contribution is 7.10. The van der Waals surface area contributed by atoms with Gasteiger partial charge >= 0.3 is 6.09 Å². The van der Waals surface area contributed by atoms with Gasteiger partial charge in [-0.1, -0.05) is 0 Å². The first-order valence-corrected chi connectivity index (χ1v) is 6.59. The van der Waals surface area contributed by atoms with Crippen LogP contribution < -0.4 is 0 Å². The van der Waals surface area contributed by atoms with Gasteiger partial charge < -0.3 is 9.64 Å². The molecule has 0 radical (unpaired) electrons. The summed E-state index contributed by atoms with van der Waals surface area (Å²) in [6.45, 7) is 7.36. The maximum atomic E-state index is 11.9. The van der Waals surface area contributed by atoms with Crippen molar-refractivity contribution in [1.29, 1.82) is 0 Å². The summed E-state index contributed by atoms with van der Waals surface area (Å²) < 4.78 is 5.18. The third-order valence-electron chi connectivity index (χ3n) is 2.14. The Morgan fingerprint density at radius 1 is 1.39 bits per heavy atom. The Morgan fingerprint density at radius 3 is 2.44 bits per heavy atom. The minimum absolute atomic E-state index is 0.0328. The van der Waals surface area contributed by atoms with E-state index in [0.29, 0.717) is 5.56 Å². The van der Waals surface area contributed by atoms with E-state index in [1.54, 1.807) is 33.2 Å². The first kappa shape index (κ1) is 14.7. The van der Waals surface area contributed by atoms with Crippen molar-refractivity contribution in [2.75, 3.05) is 13.6 Å². The minimum Gasteiger partial charge on any atom is -0.444 e. The standard InChI is InChI=1S/C13H19NO3S/c1-9-6-10(8-18-9)11(15)7-14(5)12(16)17-13(2,3)4/h6,8H,7H2,1-5H3. The fourth-order valence-electron chi connectivity index (χ4n) is 1.30. The molecule has 0 aliphatic heterocycles. The Bertz CT molecular complexity index is 445. The monoisotopic (exact) mass is 269 g/mol. The maximum Gasteiger partial charge on any atom is 0.410 e. The highest BCUT2D eigenvalue weighted by Gasteiger charge is 2.21. The summed E-state index contributed by atoms with van der Waals surface area (Å²) in [4.78, 5) is 26.0. The van der Waals surface area contributed by atoms with Crippen molar-refractivity contribution < 1.29 is 14.3 Å². The number of carbonyl (C=O) groups is 2. The number of thiophene rings is 1. The van der Waals surface area contributed by atoms with Crippen LogP contribution in [0.2, 0.25) is 0 Å². The second kappa shape index (κ2) is 5.52. The molecule has 0 fully saturated rings. The van der Waals surface area contributed by atoms with Crippen molar-refractivity contribution in [2.45, 2.75) is 33.3 Å². The second-order valence-electron chi connectivity index (χ2n) is 5.21. The normalized spacial score (nSPS) is 11.2. The Labute approximate surface area is 112 Å². The topological polar surface area (TPSA) is 46.6 Å². The molecule has 1 heterocycles. The zero-order chi connectivity index (χ0) is 13.9. The smallest absolute Gasteiger partial charge is 0.410 e. The van der Waals surface area contributed by atoms with Crippen molar-refractivity contribution in [2.24, 2.45) is 0 Å². The molecule has 1 aromatic rings. The van der Waals surface area contributed by atoms with Crippen LogP contribution in [-0.4, -0.2) is 36.0 Å². The lowest BCUT2D eigenvalue weighted by molar-refractivity contribution is 0.0295. The number of aryl methyl sites for hydroxylation is 1. The van der Waals surface area contributed by atoms with Gasteiger partial charge in [-0.25, -0.2) is 4.79 Å². The molecule has 0 bridgehead atoms. The largest absolute Gasteiger partial charge is 0.444 e. The van der Waals surface area contributed by atoms with E-state index in [1.165, 1.54) is 16.2 Å². The fraction of sp³-hybridized carbons (Fsp3) is 0.538. The Hall–Kier alpha value is -1.36. The van der Waals surface area contributed by atoms with Gasteiger partial charge in [0.1, 0.15) is 5.60 Å². The number of nitrogens with zero attached hydrogens (tertiary/aromatic N) is 1. The van der Waals surface area contributed by atoms with Gasteiger partial charge in [0.05, 0.1) is 6.54 Å². The third kappa shape index (κ3) is 4.49. The first-order chi connectivity index (χ1) is 8.19. The second-order valence-corrected chi connectivity index (χ2v) is 6.32. The van der Waals surface area contributed by atoms with Crippen LogP contribution in [0.1, 0.15) is 36.0 Å². The van der Waals surface area contributed by atoms with E-state index < -0.39 is 11.7 Å². The molecule has 0 unspecified atom stereocenters. The summed E-state index contributed by atoms with van der Waals surface area (Å²) in [5.74, 6) is -0.0762. The van der Waals surface area contributed by atoms with E-state index in [-0.39, 0.29) is 12.3 Å². The lowest BCUT2D eigenvalue weighted by Crippen LogP contribution is -2.37. The molecule has 18 heavy (non-hydrogen) atoms. The molecule has 0 saturated heterocycles. The number of rotatable bonds is 3. The average Bonchev–Trinajstić information content (AvgIpc) is 2.62. The van der Waals surface area contributed by atoms with Crippen LogP contribution in [0.25, 0.3) is 0 Å². The third-order valence-corrected chi connectivity index (χ3v) is 3.00. The summed E-state index contributed by atoms with van der Waals surface area (Å²) in [5, 5.41) is 1.81. The highest BCUT2D eigenvalue weighted by atomic mass is 32.1. The summed E-state index contributed by atoms with van der Waals surface area (Å²) in [6, 6.07) is 1.83. The van der Waals surface area contributed by atoms with Crippen LogP contribution in [0.5, 0.6) is 0 Å². The molecule has 100 valence electrons. The van der Waals surface area contributed by atoms with Gasteiger partial charge in [0.25, 0.3) is 0 Å². The fourth-order valence-corrected chi connectivity index (χ4v) is 2.01. The van der Waals surface area contributed by atoms with Crippen molar-refractivity contribution >= 4 is 23.2 Å². The van der Waals surface area contributed by atoms with Crippen LogP contribution >= 0.6 is 11.3 Å². The quantitative estimate of drug-likeness (QED) is 0.792. The van der Waals surface area contributed by atoms with E-state index in [9.17, 15) is 9.59 Å². The summed E-state index contributed by atoms with van der Waals surface area (Å²) in [6.07, 6.45) is -0.484. The molecule has 0 aliphatic rings. The lowest BCUT2D eigenvalue weighted by atomic mass is 10.2. The van der Waals surface area contributed by atoms with Gasteiger partial charge in [0, 0.05) is 22.9 Å². The number of hydrogen-bond acceptors (Lipinski definition) is 4. The summed E-state index contributed by atoms with van der Waals surface area (Å²) in [5.41, 5.74) is 0.0980. The number of ether oxygens (including phenoxy) is 1. The molecule has 1 rings (SSSR count). The molecule has 5 heteroatoms. The molecular weight excluding hydrogens is 250 g/mol. The van der Waals surface area contributed by atoms with E-state index in [2.05, 4.69) is 0 Å². The number of likely N-dealkylation sites (N-methyl/N-ethyl adjacent to an activating group) is 1. The minimum atomic E-state index is -0.548. The molecule has 4 nitrogen and oxygen atoms in total. The van der Waals surface area contributed by atoms with Crippen LogP contribution in [0, 0.1) is 6.92 Å². The van der Waals surface area contributed by atoms with Gasteiger partial charge in [-0.2, -0.15) is 0 Å². The number of ketones is 1. The molecular formula is C13H19NO3S. The Kier molecular flexibility index (Phi) is 4.51. The lowest BCUT2D eigenvalue weighted by Gasteiger charge is -2.24. The van der Waals surface area contributed by atoms with Crippen molar-refractivity contribution in [3.05, 3.63) is 21.9 Å². The molecule has 0 aromatic carbocycles. The molecule has 1 amide bonds. The van der Waals surface area contributed by atoms with Crippen molar-refractivity contribution in [1.82, 2.24) is 4.90 Å². The first-order valence-electron chi connectivity index (χ1n) is 5.71. The van der Waals surface area contributed by atoms with Gasteiger partial charge in [-0.15, -0.1) is 11.3 Å². The Balaban J connectivity index is 2.57. The zero-order valence-electron chi connectivity index (χ0n) is 11.4. The van der Waals surface area contributed by atoms with Crippen molar-refractivity contribution in [3.8, 4) is 0 Å². The number of amides is 1. The van der Waals surface area contributed by atoms with Gasteiger partial charge in [-0.3, -0.25) is 4.79 Å². The zero-order valence-corrected chi connectivity index (χ0v) is 12.3. The van der Waals surface area contributed by atoms with E-state index in [0.717, 1.165) is 4.88 Å². The van der Waals surface area contributed by atoms with E-state index in [4.69, 9.17) is 4.74 Å². The molecule has 0 aliphatic carbocycles. The molecule has 0 atom stereocenters. The van der Waals surface area contributed by atoms with E-state index in [1.807, 2.05) is 13.0 Å². The summed E-state index contributed by atoms with van der Waals surface area (Å²) in [7, 11) is 1.56. The SMILES string of the molecule is Cc1cc(C(=O)CN(C)C(=O)OC(C)(C)C)cs1. The molecule has 0 N–H and O–H groups in total. The number of hydrogen-bond donors (Lipinski definition) is 0. The predicted octanol–water partition coefficient (Wildman–Crippen LogP) is 3.11. The molecule has 0 spiro atoms. The van der Waals surface area contributed by atoms with E-state index >= 15 is 0 Å². The van der Waals surface area contributed by atoms with Crippen LogP contribution in [0.4, 0.5) is 4.79 Å².